The van der Waals surface area contributed by atoms with Gasteiger partial charge < -0.3 is 14.7 Å². The Bertz CT molecular complexity index is 442. The normalized spacial score (nSPS) is 20.1. The van der Waals surface area contributed by atoms with Gasteiger partial charge in [0.05, 0.1) is 18.9 Å². The number of nitrogens with zero attached hydrogens (tertiary/aromatic N) is 1. The maximum Gasteiger partial charge on any atom is 0.128 e. The van der Waals surface area contributed by atoms with E-state index >= 15 is 0 Å². The molecule has 18 heavy (non-hydrogen) atoms. The van der Waals surface area contributed by atoms with E-state index in [0.29, 0.717) is 36.2 Å². The van der Waals surface area contributed by atoms with Gasteiger partial charge in [0.1, 0.15) is 11.6 Å². The predicted octanol–water partition coefficient (Wildman–Crippen LogP) is 2.44. The van der Waals surface area contributed by atoms with E-state index < -0.39 is 0 Å². The lowest BCUT2D eigenvalue weighted by atomic mass is 10.1. The summed E-state index contributed by atoms with van der Waals surface area (Å²) in [5.74, 6) is 0.512. The molecular weight excluding hydrogens is 237 g/mol. The zero-order chi connectivity index (χ0) is 13.0. The first kappa shape index (κ1) is 12.8. The van der Waals surface area contributed by atoms with Crippen molar-refractivity contribution in [3.05, 3.63) is 29.6 Å². The van der Waals surface area contributed by atoms with Crippen LogP contribution in [-0.4, -0.2) is 30.7 Å². The van der Waals surface area contributed by atoms with Crippen LogP contribution in [-0.2, 0) is 4.74 Å². The fraction of sp³-hybridized carbons (Fsp3) is 0.462. The highest BCUT2D eigenvalue weighted by molar-refractivity contribution is 6.00. The minimum atomic E-state index is -0.385. The van der Waals surface area contributed by atoms with E-state index in [1.165, 1.54) is 12.1 Å². The van der Waals surface area contributed by atoms with Crippen LogP contribution in [0.25, 0.3) is 0 Å². The van der Waals surface area contributed by atoms with Crippen LogP contribution in [0.2, 0.25) is 0 Å². The summed E-state index contributed by atoms with van der Waals surface area (Å²) in [7, 11) is 0. The van der Waals surface area contributed by atoms with E-state index in [2.05, 4.69) is 5.16 Å². The molecule has 1 unspecified atom stereocenters. The van der Waals surface area contributed by atoms with Crippen molar-refractivity contribution in [2.24, 2.45) is 11.1 Å². The molecular formula is C13H16FNO3. The van der Waals surface area contributed by atoms with Crippen LogP contribution in [0.4, 0.5) is 4.39 Å². The Labute approximate surface area is 105 Å². The summed E-state index contributed by atoms with van der Waals surface area (Å²) in [5.41, 5.74) is 0.795. The van der Waals surface area contributed by atoms with Gasteiger partial charge in [-0.25, -0.2) is 4.39 Å². The molecule has 0 spiro atoms. The lowest BCUT2D eigenvalue weighted by Crippen LogP contribution is -2.13. The first-order valence-corrected chi connectivity index (χ1v) is 5.90. The Morgan fingerprint density at radius 2 is 2.44 bits per heavy atom. The number of halogens is 1. The zero-order valence-electron chi connectivity index (χ0n) is 10.2. The summed E-state index contributed by atoms with van der Waals surface area (Å²) < 4.78 is 24.1. The van der Waals surface area contributed by atoms with E-state index in [0.717, 1.165) is 13.0 Å². The molecule has 1 N–H and O–H groups in total. The molecule has 1 atom stereocenters. The van der Waals surface area contributed by atoms with Crippen molar-refractivity contribution in [1.29, 1.82) is 0 Å². The first-order chi connectivity index (χ1) is 8.70. The van der Waals surface area contributed by atoms with Crippen molar-refractivity contribution in [1.82, 2.24) is 0 Å². The van der Waals surface area contributed by atoms with Crippen LogP contribution < -0.4 is 4.74 Å². The minimum absolute atomic E-state index is 0.326. The zero-order valence-corrected chi connectivity index (χ0v) is 10.2. The molecule has 1 aromatic carbocycles. The lowest BCUT2D eigenvalue weighted by Gasteiger charge is -2.13. The van der Waals surface area contributed by atoms with Gasteiger partial charge in [-0.3, -0.25) is 0 Å². The Balaban J connectivity index is 2.10. The van der Waals surface area contributed by atoms with Gasteiger partial charge in [0.2, 0.25) is 0 Å². The summed E-state index contributed by atoms with van der Waals surface area (Å²) in [5, 5.41) is 11.9. The van der Waals surface area contributed by atoms with Crippen LogP contribution in [0, 0.1) is 11.7 Å². The van der Waals surface area contributed by atoms with Crippen molar-refractivity contribution in [3.63, 3.8) is 0 Å². The quantitative estimate of drug-likeness (QED) is 0.509. The van der Waals surface area contributed by atoms with Crippen LogP contribution in [0.5, 0.6) is 5.75 Å². The second kappa shape index (κ2) is 5.82. The van der Waals surface area contributed by atoms with Gasteiger partial charge in [-0.1, -0.05) is 5.16 Å². The summed E-state index contributed by atoms with van der Waals surface area (Å²) in [6.45, 7) is 3.59. The molecule has 0 aromatic heterocycles. The molecule has 0 amide bonds. The molecule has 2 rings (SSSR count). The second-order valence-corrected chi connectivity index (χ2v) is 4.37. The molecule has 1 aliphatic rings. The Kier molecular flexibility index (Phi) is 4.15. The highest BCUT2D eigenvalue weighted by Gasteiger charge is 2.17. The van der Waals surface area contributed by atoms with Gasteiger partial charge >= 0.3 is 0 Å². The number of hydrogen-bond acceptors (Lipinski definition) is 4. The van der Waals surface area contributed by atoms with E-state index in [4.69, 9.17) is 14.7 Å². The SMILES string of the molecule is CC(=NO)c1cc(F)ccc1OCC1CCOC1. The molecule has 0 bridgehead atoms. The molecule has 0 saturated carbocycles. The highest BCUT2D eigenvalue weighted by Crippen LogP contribution is 2.22. The molecule has 4 nitrogen and oxygen atoms in total. The maximum absolute atomic E-state index is 13.2. The predicted molar refractivity (Wildman–Crippen MR) is 64.8 cm³/mol. The van der Waals surface area contributed by atoms with Gasteiger partial charge in [-0.15, -0.1) is 0 Å². The van der Waals surface area contributed by atoms with Crippen molar-refractivity contribution in [2.45, 2.75) is 13.3 Å². The fourth-order valence-electron chi connectivity index (χ4n) is 1.89. The largest absolute Gasteiger partial charge is 0.493 e. The molecule has 1 saturated heterocycles. The average molecular weight is 253 g/mol. The first-order valence-electron chi connectivity index (χ1n) is 5.90. The molecule has 1 fully saturated rings. The topological polar surface area (TPSA) is 51.1 Å². The molecule has 1 heterocycles. The highest BCUT2D eigenvalue weighted by atomic mass is 19.1. The summed E-state index contributed by atoms with van der Waals surface area (Å²) >= 11 is 0. The van der Waals surface area contributed by atoms with Crippen molar-refractivity contribution < 1.29 is 19.1 Å². The number of benzene rings is 1. The molecule has 5 heteroatoms. The Morgan fingerprint density at radius 3 is 3.11 bits per heavy atom. The molecule has 1 aliphatic heterocycles. The van der Waals surface area contributed by atoms with Crippen molar-refractivity contribution in [3.8, 4) is 5.75 Å². The van der Waals surface area contributed by atoms with E-state index in [9.17, 15) is 4.39 Å². The summed E-state index contributed by atoms with van der Waals surface area (Å²) in [4.78, 5) is 0. The average Bonchev–Trinajstić information content (AvgIpc) is 2.89. The van der Waals surface area contributed by atoms with Crippen LogP contribution in [0.1, 0.15) is 18.9 Å². The van der Waals surface area contributed by atoms with E-state index in [1.807, 2.05) is 0 Å². The van der Waals surface area contributed by atoms with Crippen LogP contribution >= 0.6 is 0 Å². The minimum Gasteiger partial charge on any atom is -0.493 e. The molecule has 1 aromatic rings. The van der Waals surface area contributed by atoms with Gasteiger partial charge in [0.25, 0.3) is 0 Å². The summed E-state index contributed by atoms with van der Waals surface area (Å²) in [6, 6.07) is 4.18. The third-order valence-corrected chi connectivity index (χ3v) is 2.98. The van der Waals surface area contributed by atoms with Gasteiger partial charge in [0, 0.05) is 18.1 Å². The molecule has 98 valence electrons. The Hall–Kier alpha value is -1.62. The van der Waals surface area contributed by atoms with Gasteiger partial charge in [-0.2, -0.15) is 0 Å². The molecule has 0 aliphatic carbocycles. The maximum atomic E-state index is 13.2. The smallest absolute Gasteiger partial charge is 0.128 e. The van der Waals surface area contributed by atoms with Crippen LogP contribution in [0.15, 0.2) is 23.4 Å². The third-order valence-electron chi connectivity index (χ3n) is 2.98. The molecule has 0 radical (unpaired) electrons. The van der Waals surface area contributed by atoms with Crippen molar-refractivity contribution >= 4 is 5.71 Å². The van der Waals surface area contributed by atoms with E-state index in [-0.39, 0.29) is 5.82 Å². The monoisotopic (exact) mass is 253 g/mol. The van der Waals surface area contributed by atoms with Crippen LogP contribution in [0.3, 0.4) is 0 Å². The third kappa shape index (κ3) is 2.98. The van der Waals surface area contributed by atoms with Gasteiger partial charge in [0.15, 0.2) is 0 Å². The number of ether oxygens (including phenoxy) is 2. The second-order valence-electron chi connectivity index (χ2n) is 4.37. The number of hydrogen-bond donors (Lipinski definition) is 1. The summed E-state index contributed by atoms with van der Waals surface area (Å²) in [6.07, 6.45) is 0.976. The fourth-order valence-corrected chi connectivity index (χ4v) is 1.89. The van der Waals surface area contributed by atoms with Crippen molar-refractivity contribution in [2.75, 3.05) is 19.8 Å². The van der Waals surface area contributed by atoms with Gasteiger partial charge in [-0.05, 0) is 31.5 Å². The van der Waals surface area contributed by atoms with E-state index in [1.54, 1.807) is 13.0 Å². The lowest BCUT2D eigenvalue weighted by molar-refractivity contribution is 0.167. The Morgan fingerprint density at radius 1 is 1.61 bits per heavy atom. The standard InChI is InChI=1S/C13H16FNO3/c1-9(15-16)12-6-11(14)2-3-13(12)18-8-10-4-5-17-7-10/h2-3,6,10,16H,4-5,7-8H2,1H3. The number of oxime groups is 1. The number of rotatable bonds is 4.